The number of rotatable bonds is 4. The van der Waals surface area contributed by atoms with Gasteiger partial charge in [0.2, 0.25) is 0 Å². The Bertz CT molecular complexity index is 661. The molecule has 0 amide bonds. The molecule has 0 spiro atoms. The van der Waals surface area contributed by atoms with E-state index in [1.165, 1.54) is 0 Å². The molecule has 1 atom stereocenters. The third kappa shape index (κ3) is 2.85. The van der Waals surface area contributed by atoms with Gasteiger partial charge < -0.3 is 9.84 Å². The number of benzene rings is 2. The van der Waals surface area contributed by atoms with E-state index >= 15 is 0 Å². The zero-order valence-corrected chi connectivity index (χ0v) is 11.1. The summed E-state index contributed by atoms with van der Waals surface area (Å²) in [6, 6.07) is 12.3. The fourth-order valence-electron chi connectivity index (χ4n) is 1.91. The lowest BCUT2D eigenvalue weighted by Crippen LogP contribution is -2.51. The zero-order valence-electron chi connectivity index (χ0n) is 11.1. The second kappa shape index (κ2) is 5.37. The molecule has 2 rings (SSSR count). The van der Waals surface area contributed by atoms with E-state index in [9.17, 15) is 18.0 Å². The Morgan fingerprint density at radius 1 is 1.14 bits per heavy atom. The molecular weight excluding hydrogens is 285 g/mol. The zero-order chi connectivity index (χ0) is 15.7. The standard InChI is InChI=1S/C15H13F3O3/c1-14(13(19)20,15(16,17)18)21-9-11-7-4-6-10-5-2-3-8-12(10)11/h2-8H,9H2,1H3,(H,19,20). The summed E-state index contributed by atoms with van der Waals surface area (Å²) in [5, 5.41) is 10.4. The molecule has 0 fully saturated rings. The molecule has 112 valence electrons. The maximum atomic E-state index is 12.9. The van der Waals surface area contributed by atoms with Crippen LogP contribution in [-0.2, 0) is 16.1 Å². The number of aliphatic carboxylic acids is 1. The minimum atomic E-state index is -5.00. The predicted octanol–water partition coefficient (Wildman–Crippen LogP) is 3.76. The molecule has 0 aliphatic carbocycles. The van der Waals surface area contributed by atoms with Gasteiger partial charge in [0.1, 0.15) is 0 Å². The quantitative estimate of drug-likeness (QED) is 0.934. The maximum Gasteiger partial charge on any atom is 0.428 e. The molecule has 0 radical (unpaired) electrons. The van der Waals surface area contributed by atoms with Crippen LogP contribution in [0, 0.1) is 0 Å². The van der Waals surface area contributed by atoms with Gasteiger partial charge in [-0.15, -0.1) is 0 Å². The molecule has 0 heterocycles. The molecule has 2 aromatic carbocycles. The van der Waals surface area contributed by atoms with Gasteiger partial charge in [-0.1, -0.05) is 42.5 Å². The summed E-state index contributed by atoms with van der Waals surface area (Å²) < 4.78 is 43.3. The number of hydrogen-bond acceptors (Lipinski definition) is 2. The number of carboxylic acid groups (broad SMARTS) is 1. The van der Waals surface area contributed by atoms with Crippen molar-refractivity contribution >= 4 is 16.7 Å². The summed E-state index contributed by atoms with van der Waals surface area (Å²) >= 11 is 0. The first-order valence-electron chi connectivity index (χ1n) is 6.16. The normalized spacial score (nSPS) is 14.9. The Balaban J connectivity index is 2.31. The minimum Gasteiger partial charge on any atom is -0.479 e. The Hall–Kier alpha value is -2.08. The fourth-order valence-corrected chi connectivity index (χ4v) is 1.91. The number of carboxylic acids is 1. The van der Waals surface area contributed by atoms with Crippen molar-refractivity contribution in [1.82, 2.24) is 0 Å². The van der Waals surface area contributed by atoms with Crippen LogP contribution in [0.3, 0.4) is 0 Å². The van der Waals surface area contributed by atoms with Crippen molar-refractivity contribution in [2.24, 2.45) is 0 Å². The summed E-state index contributed by atoms with van der Waals surface area (Å²) in [6.07, 6.45) is -5.00. The van der Waals surface area contributed by atoms with Crippen LogP contribution in [0.25, 0.3) is 10.8 Å². The number of carbonyl (C=O) groups is 1. The lowest BCUT2D eigenvalue weighted by Gasteiger charge is -2.27. The summed E-state index contributed by atoms with van der Waals surface area (Å²) in [6.45, 7) is 0.0735. The first-order chi connectivity index (χ1) is 9.75. The first-order valence-corrected chi connectivity index (χ1v) is 6.16. The molecule has 21 heavy (non-hydrogen) atoms. The van der Waals surface area contributed by atoms with Gasteiger partial charge in [-0.05, 0) is 23.3 Å². The van der Waals surface area contributed by atoms with Gasteiger partial charge in [0.25, 0.3) is 5.60 Å². The molecule has 0 aromatic heterocycles. The summed E-state index contributed by atoms with van der Waals surface area (Å²) in [5.74, 6) is -2.06. The lowest BCUT2D eigenvalue weighted by atomic mass is 10.0. The number of fused-ring (bicyclic) bond motifs is 1. The van der Waals surface area contributed by atoms with E-state index in [-0.39, 0.29) is 0 Å². The van der Waals surface area contributed by atoms with Crippen LogP contribution in [-0.4, -0.2) is 22.9 Å². The largest absolute Gasteiger partial charge is 0.479 e. The van der Waals surface area contributed by atoms with Crippen molar-refractivity contribution in [2.45, 2.75) is 25.3 Å². The average molecular weight is 298 g/mol. The van der Waals surface area contributed by atoms with Gasteiger partial charge in [0.05, 0.1) is 6.61 Å². The third-order valence-corrected chi connectivity index (χ3v) is 3.35. The Labute approximate surface area is 119 Å². The van der Waals surface area contributed by atoms with E-state index < -0.39 is 24.4 Å². The molecule has 0 aliphatic rings. The Morgan fingerprint density at radius 3 is 2.38 bits per heavy atom. The van der Waals surface area contributed by atoms with E-state index in [2.05, 4.69) is 0 Å². The van der Waals surface area contributed by atoms with Gasteiger partial charge in [0, 0.05) is 0 Å². The van der Waals surface area contributed by atoms with Crippen molar-refractivity contribution in [1.29, 1.82) is 0 Å². The molecular formula is C15H13F3O3. The monoisotopic (exact) mass is 298 g/mol. The van der Waals surface area contributed by atoms with E-state index in [0.717, 1.165) is 10.8 Å². The van der Waals surface area contributed by atoms with Crippen LogP contribution >= 0.6 is 0 Å². The van der Waals surface area contributed by atoms with E-state index in [1.807, 2.05) is 18.2 Å². The summed E-state index contributed by atoms with van der Waals surface area (Å²) in [4.78, 5) is 10.9. The maximum absolute atomic E-state index is 12.9. The highest BCUT2D eigenvalue weighted by atomic mass is 19.4. The third-order valence-electron chi connectivity index (χ3n) is 3.35. The Morgan fingerprint density at radius 2 is 1.76 bits per heavy atom. The highest BCUT2D eigenvalue weighted by molar-refractivity contribution is 5.85. The van der Waals surface area contributed by atoms with Crippen LogP contribution in [0.2, 0.25) is 0 Å². The molecule has 1 N–H and O–H groups in total. The number of alkyl halides is 3. The molecule has 0 saturated heterocycles. The van der Waals surface area contributed by atoms with E-state index in [4.69, 9.17) is 9.84 Å². The smallest absolute Gasteiger partial charge is 0.428 e. The molecule has 0 saturated carbocycles. The van der Waals surface area contributed by atoms with Gasteiger partial charge in [-0.2, -0.15) is 13.2 Å². The number of halogens is 3. The van der Waals surface area contributed by atoms with Crippen LogP contribution < -0.4 is 0 Å². The van der Waals surface area contributed by atoms with Crippen molar-refractivity contribution < 1.29 is 27.8 Å². The molecule has 6 heteroatoms. The lowest BCUT2D eigenvalue weighted by molar-refractivity contribution is -0.272. The molecule has 0 aliphatic heterocycles. The second-order valence-corrected chi connectivity index (χ2v) is 4.76. The number of ether oxygens (including phenoxy) is 1. The van der Waals surface area contributed by atoms with Crippen LogP contribution in [0.4, 0.5) is 13.2 Å². The van der Waals surface area contributed by atoms with Crippen molar-refractivity contribution in [2.75, 3.05) is 0 Å². The van der Waals surface area contributed by atoms with Gasteiger partial charge in [-0.3, -0.25) is 0 Å². The second-order valence-electron chi connectivity index (χ2n) is 4.76. The SMILES string of the molecule is CC(OCc1cccc2ccccc12)(C(=O)O)C(F)(F)F. The first kappa shape index (κ1) is 15.3. The molecule has 3 nitrogen and oxygen atoms in total. The highest BCUT2D eigenvalue weighted by Gasteiger charge is 2.58. The summed E-state index contributed by atoms with van der Waals surface area (Å²) in [5.41, 5.74) is -2.73. The van der Waals surface area contributed by atoms with Crippen LogP contribution in [0.15, 0.2) is 42.5 Å². The Kier molecular flexibility index (Phi) is 3.91. The predicted molar refractivity (Wildman–Crippen MR) is 70.8 cm³/mol. The molecule has 2 aromatic rings. The molecule has 1 unspecified atom stereocenters. The summed E-state index contributed by atoms with van der Waals surface area (Å²) in [7, 11) is 0. The van der Waals surface area contributed by atoms with Crippen molar-refractivity contribution in [3.05, 3.63) is 48.0 Å². The minimum absolute atomic E-state index is 0.441. The molecule has 0 bridgehead atoms. The van der Waals surface area contributed by atoms with Crippen molar-refractivity contribution in [3.8, 4) is 0 Å². The topological polar surface area (TPSA) is 46.5 Å². The van der Waals surface area contributed by atoms with Crippen LogP contribution in [0.5, 0.6) is 0 Å². The number of hydrogen-bond donors (Lipinski definition) is 1. The van der Waals surface area contributed by atoms with Crippen LogP contribution in [0.1, 0.15) is 12.5 Å². The highest BCUT2D eigenvalue weighted by Crippen LogP contribution is 2.35. The van der Waals surface area contributed by atoms with Gasteiger partial charge in [0.15, 0.2) is 0 Å². The van der Waals surface area contributed by atoms with Crippen molar-refractivity contribution in [3.63, 3.8) is 0 Å². The average Bonchev–Trinajstić information content (AvgIpc) is 2.43. The van der Waals surface area contributed by atoms with Gasteiger partial charge >= 0.3 is 12.1 Å². The van der Waals surface area contributed by atoms with Gasteiger partial charge in [-0.25, -0.2) is 4.79 Å². The van der Waals surface area contributed by atoms with E-state index in [1.54, 1.807) is 24.3 Å². The fraction of sp³-hybridized carbons (Fsp3) is 0.267. The van der Waals surface area contributed by atoms with E-state index in [0.29, 0.717) is 12.5 Å².